The second-order valence-corrected chi connectivity index (χ2v) is 4.88. The van der Waals surface area contributed by atoms with Gasteiger partial charge in [-0.25, -0.2) is 4.79 Å². The number of hydrogen-bond donors (Lipinski definition) is 2. The molecule has 1 saturated heterocycles. The van der Waals surface area contributed by atoms with E-state index in [1.165, 1.54) is 4.90 Å². The van der Waals surface area contributed by atoms with Crippen molar-refractivity contribution in [1.82, 2.24) is 4.90 Å². The molecule has 0 aromatic heterocycles. The minimum Gasteiger partial charge on any atom is -0.465 e. The highest BCUT2D eigenvalue weighted by Crippen LogP contribution is 2.24. The molecule has 98 valence electrons. The van der Waals surface area contributed by atoms with Gasteiger partial charge in [0, 0.05) is 36.5 Å². The quantitative estimate of drug-likeness (QED) is 0.745. The van der Waals surface area contributed by atoms with Crippen molar-refractivity contribution in [2.75, 3.05) is 23.7 Å². The van der Waals surface area contributed by atoms with Gasteiger partial charge in [-0.2, -0.15) is 0 Å². The molecule has 1 aromatic carbocycles. The molecule has 1 aliphatic heterocycles. The van der Waals surface area contributed by atoms with E-state index in [1.807, 2.05) is 38.1 Å². The van der Waals surface area contributed by atoms with Gasteiger partial charge in [-0.3, -0.25) is 0 Å². The number of hydrogen-bond acceptors (Lipinski definition) is 3. The largest absolute Gasteiger partial charge is 0.465 e. The molecule has 0 radical (unpaired) electrons. The van der Waals surface area contributed by atoms with Crippen LogP contribution in [0.1, 0.15) is 13.8 Å². The third kappa shape index (κ3) is 2.34. The van der Waals surface area contributed by atoms with Crippen LogP contribution in [0.15, 0.2) is 24.3 Å². The molecule has 0 bridgehead atoms. The van der Waals surface area contributed by atoms with Crippen LogP contribution < -0.4 is 10.6 Å². The topological polar surface area (TPSA) is 69.8 Å². The first-order valence-electron chi connectivity index (χ1n) is 6.11. The number of nitrogens with two attached hydrogens (primary N) is 1. The highest BCUT2D eigenvalue weighted by atomic mass is 16.4. The van der Waals surface area contributed by atoms with E-state index in [0.29, 0.717) is 13.1 Å². The summed E-state index contributed by atoms with van der Waals surface area (Å²) in [6.45, 7) is 5.21. The minimum absolute atomic E-state index is 0.00347. The average molecular weight is 249 g/mol. The van der Waals surface area contributed by atoms with Crippen LogP contribution >= 0.6 is 0 Å². The summed E-state index contributed by atoms with van der Waals surface area (Å²) in [4.78, 5) is 14.8. The number of nitrogens with zero attached hydrogens (tertiary/aromatic N) is 2. The van der Waals surface area contributed by atoms with E-state index < -0.39 is 6.09 Å². The first kappa shape index (κ1) is 12.5. The Labute approximate surface area is 107 Å². The van der Waals surface area contributed by atoms with Crippen LogP contribution in [-0.4, -0.2) is 41.3 Å². The highest BCUT2D eigenvalue weighted by molar-refractivity contribution is 5.66. The van der Waals surface area contributed by atoms with Crippen molar-refractivity contribution in [3.05, 3.63) is 24.3 Å². The maximum absolute atomic E-state index is 11.1. The predicted octanol–water partition coefficient (Wildman–Crippen LogP) is 1.85. The van der Waals surface area contributed by atoms with Gasteiger partial charge in [-0.1, -0.05) is 0 Å². The van der Waals surface area contributed by atoms with Crippen LogP contribution in [0, 0.1) is 0 Å². The second kappa shape index (κ2) is 4.76. The Balaban J connectivity index is 2.16. The lowest BCUT2D eigenvalue weighted by Gasteiger charge is -2.44. The Kier molecular flexibility index (Phi) is 3.32. The molecular weight excluding hydrogens is 230 g/mol. The zero-order chi connectivity index (χ0) is 13.3. The number of piperazine rings is 1. The fourth-order valence-electron chi connectivity index (χ4n) is 2.42. The van der Waals surface area contributed by atoms with Crippen LogP contribution in [-0.2, 0) is 0 Å². The number of nitrogen functional groups attached to an aromatic ring is 1. The van der Waals surface area contributed by atoms with Crippen molar-refractivity contribution in [2.24, 2.45) is 0 Å². The van der Waals surface area contributed by atoms with Crippen molar-refractivity contribution in [1.29, 1.82) is 0 Å². The summed E-state index contributed by atoms with van der Waals surface area (Å²) in [6.07, 6.45) is -0.841. The molecule has 2 atom stereocenters. The van der Waals surface area contributed by atoms with E-state index in [2.05, 4.69) is 4.90 Å². The summed E-state index contributed by atoms with van der Waals surface area (Å²) >= 11 is 0. The van der Waals surface area contributed by atoms with Gasteiger partial charge in [-0.05, 0) is 38.1 Å². The summed E-state index contributed by atoms with van der Waals surface area (Å²) in [5.74, 6) is 0. The molecule has 1 aliphatic rings. The highest BCUT2D eigenvalue weighted by Gasteiger charge is 2.31. The van der Waals surface area contributed by atoms with Gasteiger partial charge in [0.2, 0.25) is 0 Å². The lowest BCUT2D eigenvalue weighted by Crippen LogP contribution is -2.58. The first-order valence-corrected chi connectivity index (χ1v) is 6.11. The number of amides is 1. The molecule has 2 unspecified atom stereocenters. The van der Waals surface area contributed by atoms with Crippen molar-refractivity contribution in [3.63, 3.8) is 0 Å². The molecule has 5 heteroatoms. The van der Waals surface area contributed by atoms with Crippen LogP contribution in [0.4, 0.5) is 16.2 Å². The van der Waals surface area contributed by atoms with Crippen LogP contribution in [0.5, 0.6) is 0 Å². The smallest absolute Gasteiger partial charge is 0.407 e. The number of anilines is 2. The molecule has 1 amide bonds. The van der Waals surface area contributed by atoms with E-state index >= 15 is 0 Å². The van der Waals surface area contributed by atoms with E-state index in [1.54, 1.807) is 0 Å². The maximum Gasteiger partial charge on any atom is 0.407 e. The van der Waals surface area contributed by atoms with E-state index in [9.17, 15) is 4.79 Å². The normalized spacial score (nSPS) is 24.1. The Bertz CT molecular complexity index is 432. The summed E-state index contributed by atoms with van der Waals surface area (Å²) in [7, 11) is 0. The monoisotopic (exact) mass is 249 g/mol. The van der Waals surface area contributed by atoms with Gasteiger partial charge in [0.25, 0.3) is 0 Å². The molecule has 3 N–H and O–H groups in total. The zero-order valence-corrected chi connectivity index (χ0v) is 10.7. The van der Waals surface area contributed by atoms with E-state index in [4.69, 9.17) is 10.8 Å². The molecule has 0 spiro atoms. The molecule has 1 fully saturated rings. The van der Waals surface area contributed by atoms with Crippen molar-refractivity contribution < 1.29 is 9.90 Å². The predicted molar refractivity (Wildman–Crippen MR) is 71.9 cm³/mol. The van der Waals surface area contributed by atoms with Gasteiger partial charge in [0.05, 0.1) is 0 Å². The van der Waals surface area contributed by atoms with Crippen LogP contribution in [0.25, 0.3) is 0 Å². The lowest BCUT2D eigenvalue weighted by atomic mass is 10.1. The second-order valence-electron chi connectivity index (χ2n) is 4.88. The van der Waals surface area contributed by atoms with Crippen molar-refractivity contribution >= 4 is 17.5 Å². The van der Waals surface area contributed by atoms with E-state index in [0.717, 1.165) is 11.4 Å². The fraction of sp³-hybridized carbons (Fsp3) is 0.462. The van der Waals surface area contributed by atoms with Gasteiger partial charge in [-0.15, -0.1) is 0 Å². The maximum atomic E-state index is 11.1. The number of carbonyl (C=O) groups is 1. The molecule has 1 aromatic rings. The van der Waals surface area contributed by atoms with Crippen molar-refractivity contribution in [3.8, 4) is 0 Å². The number of benzene rings is 1. The summed E-state index contributed by atoms with van der Waals surface area (Å²) in [5, 5.41) is 9.11. The minimum atomic E-state index is -0.841. The number of carboxylic acid groups (broad SMARTS) is 1. The Morgan fingerprint density at radius 3 is 2.39 bits per heavy atom. The molecule has 18 heavy (non-hydrogen) atoms. The molecule has 0 aliphatic carbocycles. The molecular formula is C13H19N3O2. The van der Waals surface area contributed by atoms with E-state index in [-0.39, 0.29) is 12.1 Å². The summed E-state index contributed by atoms with van der Waals surface area (Å²) in [5.41, 5.74) is 7.51. The Morgan fingerprint density at radius 1 is 1.22 bits per heavy atom. The zero-order valence-electron chi connectivity index (χ0n) is 10.7. The van der Waals surface area contributed by atoms with Gasteiger partial charge < -0.3 is 20.6 Å². The fourth-order valence-corrected chi connectivity index (χ4v) is 2.42. The average Bonchev–Trinajstić information content (AvgIpc) is 2.32. The molecule has 2 rings (SSSR count). The van der Waals surface area contributed by atoms with Gasteiger partial charge in [0.1, 0.15) is 0 Å². The van der Waals surface area contributed by atoms with Crippen LogP contribution in [0.3, 0.4) is 0 Å². The first-order chi connectivity index (χ1) is 8.49. The van der Waals surface area contributed by atoms with Gasteiger partial charge in [0.15, 0.2) is 0 Å². The van der Waals surface area contributed by atoms with Gasteiger partial charge >= 0.3 is 6.09 Å². The third-order valence-corrected chi connectivity index (χ3v) is 3.46. The van der Waals surface area contributed by atoms with Crippen molar-refractivity contribution in [2.45, 2.75) is 25.9 Å². The molecule has 5 nitrogen and oxygen atoms in total. The SMILES string of the molecule is CC1CN(c2ccc(N)cc2)C(C)CN1C(=O)O. The number of rotatable bonds is 1. The third-order valence-electron chi connectivity index (χ3n) is 3.46. The molecule has 1 heterocycles. The Morgan fingerprint density at radius 2 is 1.83 bits per heavy atom. The standard InChI is InChI=1S/C13H19N3O2/c1-9-8-16(13(17)18)10(2)7-15(9)12-5-3-11(14)4-6-12/h3-6,9-10H,7-8,14H2,1-2H3,(H,17,18). The Hall–Kier alpha value is -1.91. The molecule has 0 saturated carbocycles. The van der Waals surface area contributed by atoms with Crippen LogP contribution in [0.2, 0.25) is 0 Å². The summed E-state index contributed by atoms with van der Waals surface area (Å²) < 4.78 is 0. The summed E-state index contributed by atoms with van der Waals surface area (Å²) in [6, 6.07) is 7.87. The lowest BCUT2D eigenvalue weighted by molar-refractivity contribution is 0.114.